The molecule has 1 aromatic heterocycles. The van der Waals surface area contributed by atoms with Crippen molar-refractivity contribution in [2.75, 3.05) is 44.8 Å². The molecule has 5 aromatic rings. The third-order valence-corrected chi connectivity index (χ3v) is 9.20. The molecule has 1 unspecified atom stereocenters. The van der Waals surface area contributed by atoms with E-state index in [9.17, 15) is 27.2 Å². The number of rotatable bonds is 15. The molecule has 15 heteroatoms. The van der Waals surface area contributed by atoms with Gasteiger partial charge in [0.1, 0.15) is 18.2 Å². The van der Waals surface area contributed by atoms with Crippen molar-refractivity contribution in [3.05, 3.63) is 118 Å². The van der Waals surface area contributed by atoms with Crippen LogP contribution < -0.4 is 20.7 Å². The second-order valence-corrected chi connectivity index (χ2v) is 13.2. The molecule has 0 bridgehead atoms. The van der Waals surface area contributed by atoms with E-state index in [-0.39, 0.29) is 31.4 Å². The van der Waals surface area contributed by atoms with Gasteiger partial charge >= 0.3 is 6.18 Å². The van der Waals surface area contributed by atoms with Gasteiger partial charge < -0.3 is 35.1 Å². The molecule has 4 N–H and O–H groups in total. The maximum atomic E-state index is 14.3. The molecule has 4 aromatic carbocycles. The first kappa shape index (κ1) is 39.4. The lowest BCUT2D eigenvalue weighted by Crippen LogP contribution is -2.48. The normalized spacial score (nSPS) is 13.6. The minimum Gasteiger partial charge on any atom is -0.490 e. The number of alkyl halides is 3. The summed E-state index contributed by atoms with van der Waals surface area (Å²) in [6.45, 7) is 2.92. The zero-order valence-corrected chi connectivity index (χ0v) is 30.1. The molecule has 0 aliphatic carbocycles. The summed E-state index contributed by atoms with van der Waals surface area (Å²) in [5, 5.41) is 27.5. The summed E-state index contributed by atoms with van der Waals surface area (Å²) in [4.78, 5) is 29.3. The molecule has 0 fully saturated rings. The van der Waals surface area contributed by atoms with E-state index in [1.54, 1.807) is 12.1 Å². The van der Waals surface area contributed by atoms with Gasteiger partial charge in [0.15, 0.2) is 5.60 Å². The van der Waals surface area contributed by atoms with Crippen LogP contribution in [0.3, 0.4) is 0 Å². The average Bonchev–Trinajstić information content (AvgIpc) is 3.46. The first-order chi connectivity index (χ1) is 26.9. The van der Waals surface area contributed by atoms with E-state index >= 15 is 0 Å². The van der Waals surface area contributed by atoms with Gasteiger partial charge in [-0.05, 0) is 84.6 Å². The van der Waals surface area contributed by atoms with Crippen LogP contribution in [0.25, 0.3) is 22.2 Å². The van der Waals surface area contributed by atoms with Crippen LogP contribution >= 0.6 is 0 Å². The van der Waals surface area contributed by atoms with Crippen LogP contribution in [-0.2, 0) is 33.4 Å². The zero-order valence-electron chi connectivity index (χ0n) is 30.1. The predicted molar refractivity (Wildman–Crippen MR) is 198 cm³/mol. The van der Waals surface area contributed by atoms with Crippen molar-refractivity contribution in [3.8, 4) is 29.1 Å². The molecular weight excluding hydrogens is 732 g/mol. The molecular formula is C41H36F4N6O5. The Morgan fingerprint density at radius 1 is 0.946 bits per heavy atom. The number of nitrogens with one attached hydrogen (secondary N) is 4. The molecule has 1 aliphatic heterocycles. The first-order valence-corrected chi connectivity index (χ1v) is 17.6. The van der Waals surface area contributed by atoms with Crippen molar-refractivity contribution in [1.29, 1.82) is 10.5 Å². The van der Waals surface area contributed by atoms with Crippen molar-refractivity contribution < 1.29 is 41.4 Å². The highest BCUT2D eigenvalue weighted by atomic mass is 19.4. The SMILES string of the molecule is CC(COc1ccc(C#N)cc1)(OCCOCCNCc1ccc(-c2[nH]c3cc(F)cc4c3c2CCNC4=O)cc1)C(=O)Nc1ccc(C#N)c(C(F)(F)F)c1. The number of amides is 2. The van der Waals surface area contributed by atoms with Crippen molar-refractivity contribution in [2.24, 2.45) is 0 Å². The minimum absolute atomic E-state index is 0.0582. The third-order valence-electron chi connectivity index (χ3n) is 9.20. The predicted octanol–water partition coefficient (Wildman–Crippen LogP) is 6.62. The largest absolute Gasteiger partial charge is 0.490 e. The lowest BCUT2D eigenvalue weighted by atomic mass is 9.99. The van der Waals surface area contributed by atoms with Crippen molar-refractivity contribution in [2.45, 2.75) is 31.7 Å². The molecule has 0 saturated heterocycles. The topological polar surface area (TPSA) is 161 Å². The standard InChI is InChI=1S/C41H36F4N6O5/c1-40(24-55-31-10-4-25(21-46)5-11-31,39(53)50-30-9-8-28(22-47)34(20-30)41(43,44)45)56-17-16-54-15-14-48-23-26-2-6-27(7-3-26)37-32-12-13-49-38(52)33-18-29(42)19-35(51-37)36(32)33/h2-11,18-20,48,51H,12-17,23-24H2,1H3,(H,49,52)(H,50,53). The van der Waals surface area contributed by atoms with E-state index in [4.69, 9.17) is 24.7 Å². The van der Waals surface area contributed by atoms with Crippen LogP contribution in [-0.4, -0.2) is 61.9 Å². The number of aromatic nitrogens is 1. The number of halogens is 4. The third kappa shape index (κ3) is 9.15. The Morgan fingerprint density at radius 2 is 1.71 bits per heavy atom. The Hall–Kier alpha value is -6.26. The van der Waals surface area contributed by atoms with Gasteiger partial charge in [0.05, 0.1) is 54.2 Å². The average molecular weight is 769 g/mol. The van der Waals surface area contributed by atoms with E-state index < -0.39 is 34.6 Å². The number of anilines is 1. The maximum Gasteiger partial charge on any atom is 0.417 e. The van der Waals surface area contributed by atoms with Gasteiger partial charge in [-0.1, -0.05) is 24.3 Å². The number of H-pyrrole nitrogens is 1. The number of nitriles is 2. The Bertz CT molecular complexity index is 2310. The van der Waals surface area contributed by atoms with Crippen LogP contribution in [0, 0.1) is 28.5 Å². The maximum absolute atomic E-state index is 14.3. The monoisotopic (exact) mass is 768 g/mol. The summed E-state index contributed by atoms with van der Waals surface area (Å²) in [6.07, 6.45) is -4.21. The van der Waals surface area contributed by atoms with Gasteiger partial charge in [-0.15, -0.1) is 0 Å². The summed E-state index contributed by atoms with van der Waals surface area (Å²) >= 11 is 0. The molecule has 2 amide bonds. The minimum atomic E-state index is -4.81. The highest BCUT2D eigenvalue weighted by molar-refractivity contribution is 6.10. The Morgan fingerprint density at radius 3 is 2.43 bits per heavy atom. The Kier molecular flexibility index (Phi) is 12.0. The molecule has 1 atom stereocenters. The zero-order chi connectivity index (χ0) is 39.9. The van der Waals surface area contributed by atoms with Crippen molar-refractivity contribution >= 4 is 28.4 Å². The van der Waals surface area contributed by atoms with Gasteiger partial charge in [-0.2, -0.15) is 23.7 Å². The number of hydrogen-bond acceptors (Lipinski definition) is 8. The summed E-state index contributed by atoms with van der Waals surface area (Å²) in [5.41, 5.74) is 1.39. The Labute approximate surface area is 319 Å². The van der Waals surface area contributed by atoms with Gasteiger partial charge in [0.25, 0.3) is 11.8 Å². The van der Waals surface area contributed by atoms with E-state index in [0.717, 1.165) is 33.8 Å². The highest BCUT2D eigenvalue weighted by Gasteiger charge is 2.37. The number of ether oxygens (including phenoxy) is 3. The fourth-order valence-corrected chi connectivity index (χ4v) is 6.27. The number of nitrogens with zero attached hydrogens (tertiary/aromatic N) is 2. The molecule has 6 rings (SSSR count). The van der Waals surface area contributed by atoms with Crippen LogP contribution in [0.4, 0.5) is 23.2 Å². The second kappa shape index (κ2) is 17.0. The first-order valence-electron chi connectivity index (χ1n) is 17.6. The van der Waals surface area contributed by atoms with Crippen molar-refractivity contribution in [1.82, 2.24) is 15.6 Å². The fourth-order valence-electron chi connectivity index (χ4n) is 6.27. The van der Waals surface area contributed by atoms with Gasteiger partial charge in [-0.25, -0.2) is 4.39 Å². The molecule has 2 heterocycles. The van der Waals surface area contributed by atoms with Crippen molar-refractivity contribution in [3.63, 3.8) is 0 Å². The van der Waals surface area contributed by atoms with Crippen LogP contribution in [0.1, 0.15) is 45.1 Å². The lowest BCUT2D eigenvalue weighted by Gasteiger charge is -2.29. The van der Waals surface area contributed by atoms with Gasteiger partial charge in [-0.3, -0.25) is 9.59 Å². The van der Waals surface area contributed by atoms with Crippen LogP contribution in [0.15, 0.2) is 78.9 Å². The summed E-state index contributed by atoms with van der Waals surface area (Å²) in [6, 6.07) is 23.1. The molecule has 56 heavy (non-hydrogen) atoms. The van der Waals surface area contributed by atoms with Gasteiger partial charge in [0.2, 0.25) is 0 Å². The lowest BCUT2D eigenvalue weighted by molar-refractivity contribution is -0.145. The van der Waals surface area contributed by atoms with E-state index in [1.165, 1.54) is 43.3 Å². The molecule has 1 aliphatic rings. The second-order valence-electron chi connectivity index (χ2n) is 13.2. The molecule has 11 nitrogen and oxygen atoms in total. The van der Waals surface area contributed by atoms with E-state index in [1.807, 2.05) is 30.3 Å². The number of carbonyl (C=O) groups excluding carboxylic acids is 2. The molecule has 288 valence electrons. The number of benzene rings is 4. The molecule has 0 saturated carbocycles. The molecule has 0 spiro atoms. The molecule has 0 radical (unpaired) electrons. The van der Waals surface area contributed by atoms with Gasteiger partial charge in [0, 0.05) is 41.9 Å². The highest BCUT2D eigenvalue weighted by Crippen LogP contribution is 2.36. The van der Waals surface area contributed by atoms with E-state index in [0.29, 0.717) is 61.1 Å². The summed E-state index contributed by atoms with van der Waals surface area (Å²) in [7, 11) is 0. The Balaban J connectivity index is 1.00. The van der Waals surface area contributed by atoms with Crippen LogP contribution in [0.2, 0.25) is 0 Å². The fraction of sp³-hybridized carbons (Fsp3) is 0.268. The smallest absolute Gasteiger partial charge is 0.417 e. The van der Waals surface area contributed by atoms with Crippen LogP contribution in [0.5, 0.6) is 5.75 Å². The summed E-state index contributed by atoms with van der Waals surface area (Å²) < 4.78 is 72.3. The number of carbonyl (C=O) groups is 2. The number of aromatic amines is 1. The summed E-state index contributed by atoms with van der Waals surface area (Å²) in [5.74, 6) is -1.23. The van der Waals surface area contributed by atoms with E-state index in [2.05, 4.69) is 20.9 Å². The quantitative estimate of drug-likeness (QED) is 0.0683. The number of hydrogen-bond donors (Lipinski definition) is 4.